The zero-order chi connectivity index (χ0) is 23.0. The molecule has 2 aliphatic rings. The molecular weight excluding hydrogens is 432 g/mol. The minimum atomic E-state index is -4.81. The van der Waals surface area contributed by atoms with Crippen LogP contribution in [0.2, 0.25) is 0 Å². The molecule has 0 radical (unpaired) electrons. The van der Waals surface area contributed by atoms with Crippen LogP contribution in [0.3, 0.4) is 0 Å². The van der Waals surface area contributed by atoms with Gasteiger partial charge in [0.05, 0.1) is 11.6 Å². The van der Waals surface area contributed by atoms with Gasteiger partial charge in [-0.25, -0.2) is 9.82 Å². The average Bonchev–Trinajstić information content (AvgIpc) is 3.06. The number of halogens is 4. The number of piperidine rings is 1. The molecule has 4 atom stereocenters. The number of hydrazine groups is 1. The molecule has 2 saturated heterocycles. The van der Waals surface area contributed by atoms with E-state index in [1.54, 1.807) is 17.1 Å². The number of hydrogen-bond acceptors (Lipinski definition) is 6. The van der Waals surface area contributed by atoms with E-state index in [1.807, 2.05) is 6.92 Å². The highest BCUT2D eigenvalue weighted by molar-refractivity contribution is 6.09. The maximum Gasteiger partial charge on any atom is 0.573 e. The molecule has 0 spiro atoms. The second-order valence-electron chi connectivity index (χ2n) is 7.66. The molecule has 4 rings (SSSR count). The van der Waals surface area contributed by atoms with Gasteiger partial charge < -0.3 is 10.1 Å². The highest BCUT2D eigenvalue weighted by Crippen LogP contribution is 2.32. The Morgan fingerprint density at radius 2 is 1.78 bits per heavy atom. The summed E-state index contributed by atoms with van der Waals surface area (Å²) < 4.78 is 53.9. The monoisotopic (exact) mass is 452 g/mol. The fourth-order valence-electron chi connectivity index (χ4n) is 4.03. The number of ketones is 1. The predicted octanol–water partition coefficient (Wildman–Crippen LogP) is 2.81. The molecule has 0 aliphatic carbocycles. The number of Topliss-reactive ketones (excluding diaryl/α,β-unsaturated/α-hetero) is 1. The molecule has 7 nitrogen and oxygen atoms in total. The Bertz CT molecular complexity index is 998. The molecule has 3 N–H and O–H groups in total. The lowest BCUT2D eigenvalue weighted by molar-refractivity contribution is -0.274. The summed E-state index contributed by atoms with van der Waals surface area (Å²) in [4.78, 5) is 25.8. The molecule has 0 saturated carbocycles. The van der Waals surface area contributed by atoms with Crippen molar-refractivity contribution in [1.82, 2.24) is 10.7 Å². The van der Waals surface area contributed by atoms with E-state index in [2.05, 4.69) is 20.8 Å². The molecule has 0 aromatic heterocycles. The number of alkyl halides is 3. The van der Waals surface area contributed by atoms with Crippen molar-refractivity contribution in [1.29, 1.82) is 0 Å². The van der Waals surface area contributed by atoms with Crippen molar-refractivity contribution in [3.8, 4) is 5.75 Å². The number of amides is 1. The van der Waals surface area contributed by atoms with Crippen molar-refractivity contribution in [2.45, 2.75) is 25.5 Å². The van der Waals surface area contributed by atoms with Crippen LogP contribution in [0.1, 0.15) is 6.92 Å². The summed E-state index contributed by atoms with van der Waals surface area (Å²) in [5, 5.41) is 7.51. The van der Waals surface area contributed by atoms with Gasteiger partial charge in [-0.05, 0) is 55.5 Å². The van der Waals surface area contributed by atoms with Crippen LogP contribution in [0, 0.1) is 17.7 Å². The summed E-state index contributed by atoms with van der Waals surface area (Å²) in [6.07, 6.45) is -5.22. The topological polar surface area (TPSA) is 82.7 Å². The minimum Gasteiger partial charge on any atom is -0.406 e. The quantitative estimate of drug-likeness (QED) is 0.489. The Balaban J connectivity index is 1.43. The van der Waals surface area contributed by atoms with E-state index in [-0.39, 0.29) is 29.9 Å². The number of ether oxygens (including phenoxy) is 1. The summed E-state index contributed by atoms with van der Waals surface area (Å²) in [5.74, 6) is -3.11. The molecule has 2 aliphatic heterocycles. The van der Waals surface area contributed by atoms with Crippen LogP contribution in [0.15, 0.2) is 48.5 Å². The highest BCUT2D eigenvalue weighted by Gasteiger charge is 2.50. The first kappa shape index (κ1) is 22.0. The normalized spacial score (nSPS) is 25.4. The lowest BCUT2D eigenvalue weighted by Crippen LogP contribution is -2.58. The molecule has 0 bridgehead atoms. The third-order valence-electron chi connectivity index (χ3n) is 5.48. The van der Waals surface area contributed by atoms with E-state index in [0.29, 0.717) is 5.69 Å². The van der Waals surface area contributed by atoms with Crippen molar-refractivity contribution in [3.05, 3.63) is 54.3 Å². The van der Waals surface area contributed by atoms with Crippen molar-refractivity contribution in [2.24, 2.45) is 11.8 Å². The van der Waals surface area contributed by atoms with Gasteiger partial charge in [-0.15, -0.1) is 13.2 Å². The van der Waals surface area contributed by atoms with Gasteiger partial charge in [-0.3, -0.25) is 19.9 Å². The van der Waals surface area contributed by atoms with Crippen LogP contribution in [0.5, 0.6) is 5.75 Å². The zero-order valence-electron chi connectivity index (χ0n) is 16.8. The number of benzene rings is 2. The first-order valence-corrected chi connectivity index (χ1v) is 9.87. The van der Waals surface area contributed by atoms with Crippen molar-refractivity contribution in [3.63, 3.8) is 0 Å². The second kappa shape index (κ2) is 8.40. The number of anilines is 2. The summed E-state index contributed by atoms with van der Waals surface area (Å²) in [6, 6.07) is 10.2. The van der Waals surface area contributed by atoms with E-state index in [9.17, 15) is 27.2 Å². The summed E-state index contributed by atoms with van der Waals surface area (Å²) in [5.41, 5.74) is 4.10. The Morgan fingerprint density at radius 1 is 1.12 bits per heavy atom. The van der Waals surface area contributed by atoms with Gasteiger partial charge in [0.1, 0.15) is 23.7 Å². The average molecular weight is 452 g/mol. The van der Waals surface area contributed by atoms with Gasteiger partial charge in [-0.2, -0.15) is 0 Å². The third kappa shape index (κ3) is 4.53. The van der Waals surface area contributed by atoms with E-state index >= 15 is 0 Å². The standard InChI is InChI=1S/C21H20F4N4O3/c1-11-17-18(30)16(10-26-19(17)29(28-11)14-6-2-12(22)3-7-14)20(31)27-13-4-8-15(9-5-13)32-21(23,24)25/h2-9,11,16-17,19,26,28H,10H2,1H3,(H,27,31). The van der Waals surface area contributed by atoms with Gasteiger partial charge in [-0.1, -0.05) is 0 Å². The van der Waals surface area contributed by atoms with Crippen LogP contribution in [0.4, 0.5) is 28.9 Å². The second-order valence-corrected chi connectivity index (χ2v) is 7.66. The first-order valence-electron chi connectivity index (χ1n) is 9.87. The third-order valence-corrected chi connectivity index (χ3v) is 5.48. The smallest absolute Gasteiger partial charge is 0.406 e. The number of nitrogens with one attached hydrogen (secondary N) is 3. The number of fused-ring (bicyclic) bond motifs is 1. The Labute approximate surface area is 180 Å². The molecule has 11 heteroatoms. The van der Waals surface area contributed by atoms with Crippen molar-refractivity contribution < 1.29 is 31.9 Å². The Morgan fingerprint density at radius 3 is 2.41 bits per heavy atom. The van der Waals surface area contributed by atoms with Gasteiger partial charge in [0.2, 0.25) is 5.91 Å². The molecule has 32 heavy (non-hydrogen) atoms. The van der Waals surface area contributed by atoms with Crippen LogP contribution in [-0.2, 0) is 9.59 Å². The van der Waals surface area contributed by atoms with Gasteiger partial charge in [0, 0.05) is 18.3 Å². The molecule has 2 aromatic carbocycles. The first-order chi connectivity index (χ1) is 15.1. The molecule has 1 amide bonds. The van der Waals surface area contributed by atoms with Crippen LogP contribution >= 0.6 is 0 Å². The maximum absolute atomic E-state index is 13.2. The number of rotatable bonds is 4. The maximum atomic E-state index is 13.2. The number of carbonyl (C=O) groups excluding carboxylic acids is 2. The van der Waals surface area contributed by atoms with Gasteiger partial charge >= 0.3 is 6.36 Å². The van der Waals surface area contributed by atoms with E-state index in [0.717, 1.165) is 12.1 Å². The minimum absolute atomic E-state index is 0.0766. The van der Waals surface area contributed by atoms with E-state index in [4.69, 9.17) is 0 Å². The Hall–Kier alpha value is -3.18. The van der Waals surface area contributed by atoms with Crippen LogP contribution in [-0.4, -0.2) is 36.8 Å². The summed E-state index contributed by atoms with van der Waals surface area (Å²) >= 11 is 0. The summed E-state index contributed by atoms with van der Waals surface area (Å²) in [6.45, 7) is 1.90. The predicted molar refractivity (Wildman–Crippen MR) is 107 cm³/mol. The SMILES string of the molecule is CC1NN(c2ccc(F)cc2)C2NCC(C(=O)Nc3ccc(OC(F)(F)F)cc3)C(=O)C12. The van der Waals surface area contributed by atoms with E-state index in [1.165, 1.54) is 24.3 Å². The molecule has 2 heterocycles. The number of hydrogen-bond donors (Lipinski definition) is 3. The van der Waals surface area contributed by atoms with Gasteiger partial charge in [0.15, 0.2) is 5.78 Å². The zero-order valence-corrected chi connectivity index (χ0v) is 16.8. The van der Waals surface area contributed by atoms with Gasteiger partial charge in [0.25, 0.3) is 0 Å². The fourth-order valence-corrected chi connectivity index (χ4v) is 4.03. The fraction of sp³-hybridized carbons (Fsp3) is 0.333. The molecule has 2 fully saturated rings. The van der Waals surface area contributed by atoms with Crippen molar-refractivity contribution in [2.75, 3.05) is 16.9 Å². The van der Waals surface area contributed by atoms with Crippen molar-refractivity contribution >= 4 is 23.1 Å². The Kier molecular flexibility index (Phi) is 5.78. The summed E-state index contributed by atoms with van der Waals surface area (Å²) in [7, 11) is 0. The highest BCUT2D eigenvalue weighted by atomic mass is 19.4. The molecular formula is C21H20F4N4O3. The van der Waals surface area contributed by atoms with Crippen LogP contribution in [0.25, 0.3) is 0 Å². The molecule has 2 aromatic rings. The number of nitrogens with zero attached hydrogens (tertiary/aromatic N) is 1. The lowest BCUT2D eigenvalue weighted by atomic mass is 9.83. The van der Waals surface area contributed by atoms with Crippen LogP contribution < -0.4 is 25.8 Å². The van der Waals surface area contributed by atoms with E-state index < -0.39 is 36.0 Å². The molecule has 170 valence electrons. The largest absolute Gasteiger partial charge is 0.573 e. The molecule has 4 unspecified atom stereocenters. The lowest BCUT2D eigenvalue weighted by Gasteiger charge is -2.35. The number of carbonyl (C=O) groups is 2.